The highest BCUT2D eigenvalue weighted by Gasteiger charge is 2.14. The van der Waals surface area contributed by atoms with E-state index in [1.54, 1.807) is 0 Å². The van der Waals surface area contributed by atoms with Crippen molar-refractivity contribution in [2.24, 2.45) is 0 Å². The van der Waals surface area contributed by atoms with E-state index in [1.165, 1.54) is 0 Å². The second kappa shape index (κ2) is 5.94. The Morgan fingerprint density at radius 2 is 2.15 bits per heavy atom. The second-order valence-corrected chi connectivity index (χ2v) is 3.42. The van der Waals surface area contributed by atoms with E-state index in [4.69, 9.17) is 5.11 Å². The van der Waals surface area contributed by atoms with Crippen molar-refractivity contribution >= 4 is 5.91 Å². The summed E-state index contributed by atoms with van der Waals surface area (Å²) in [6.07, 6.45) is 3.05. The summed E-state index contributed by atoms with van der Waals surface area (Å²) in [6.45, 7) is 2.08. The van der Waals surface area contributed by atoms with Crippen LogP contribution in [0.4, 0.5) is 0 Å². The molecule has 1 heterocycles. The van der Waals surface area contributed by atoms with Crippen LogP contribution in [0.1, 0.15) is 25.7 Å². The van der Waals surface area contributed by atoms with Crippen molar-refractivity contribution in [1.82, 2.24) is 10.6 Å². The first kappa shape index (κ1) is 10.5. The molecule has 0 radical (unpaired) electrons. The van der Waals surface area contributed by atoms with E-state index in [0.29, 0.717) is 18.9 Å². The van der Waals surface area contributed by atoms with Gasteiger partial charge in [0.15, 0.2) is 0 Å². The van der Waals surface area contributed by atoms with E-state index in [-0.39, 0.29) is 12.5 Å². The van der Waals surface area contributed by atoms with Crippen molar-refractivity contribution in [2.75, 3.05) is 19.7 Å². The van der Waals surface area contributed by atoms with Gasteiger partial charge in [-0.2, -0.15) is 0 Å². The molecule has 4 nitrogen and oxygen atoms in total. The van der Waals surface area contributed by atoms with Gasteiger partial charge in [0.2, 0.25) is 5.91 Å². The first-order valence-corrected chi connectivity index (χ1v) is 4.94. The van der Waals surface area contributed by atoms with E-state index in [1.807, 2.05) is 0 Å². The number of carbonyl (C=O) groups is 1. The zero-order valence-corrected chi connectivity index (χ0v) is 7.88. The van der Waals surface area contributed by atoms with Gasteiger partial charge in [-0.15, -0.1) is 0 Å². The minimum absolute atomic E-state index is 0.0703. The fraction of sp³-hybridized carbons (Fsp3) is 0.889. The molecule has 3 N–H and O–H groups in total. The van der Waals surface area contributed by atoms with Gasteiger partial charge in [0, 0.05) is 19.1 Å². The molecule has 1 fully saturated rings. The maximum absolute atomic E-state index is 11.2. The number of carbonyl (C=O) groups excluding carboxylic acids is 1. The maximum atomic E-state index is 11.2. The van der Waals surface area contributed by atoms with Gasteiger partial charge in [-0.1, -0.05) is 0 Å². The topological polar surface area (TPSA) is 61.4 Å². The van der Waals surface area contributed by atoms with E-state index in [9.17, 15) is 4.79 Å². The lowest BCUT2D eigenvalue weighted by atomic mass is 10.1. The van der Waals surface area contributed by atoms with Crippen molar-refractivity contribution in [1.29, 1.82) is 0 Å². The number of aliphatic hydroxyl groups excluding tert-OH is 1. The molecule has 0 aromatic heterocycles. The van der Waals surface area contributed by atoms with Gasteiger partial charge in [-0.05, 0) is 32.4 Å². The molecule has 1 aliphatic rings. The lowest BCUT2D eigenvalue weighted by Gasteiger charge is -2.23. The van der Waals surface area contributed by atoms with Gasteiger partial charge in [-0.25, -0.2) is 0 Å². The molecular formula is C9H18N2O2. The van der Waals surface area contributed by atoms with Gasteiger partial charge in [0.05, 0.1) is 0 Å². The highest BCUT2D eigenvalue weighted by Crippen LogP contribution is 2.02. The Kier molecular flexibility index (Phi) is 4.78. The molecule has 0 bridgehead atoms. The molecule has 1 saturated heterocycles. The third kappa shape index (κ3) is 4.24. The SMILES string of the molecule is O=C(CCCO)NC1CCNCC1. The van der Waals surface area contributed by atoms with E-state index < -0.39 is 0 Å². The lowest BCUT2D eigenvalue weighted by molar-refractivity contribution is -0.122. The molecule has 1 aliphatic heterocycles. The van der Waals surface area contributed by atoms with Gasteiger partial charge in [-0.3, -0.25) is 4.79 Å². The minimum Gasteiger partial charge on any atom is -0.396 e. The monoisotopic (exact) mass is 186 g/mol. The molecule has 0 spiro atoms. The molecule has 0 saturated carbocycles. The summed E-state index contributed by atoms with van der Waals surface area (Å²) in [5.74, 6) is 0.0703. The van der Waals surface area contributed by atoms with Crippen molar-refractivity contribution < 1.29 is 9.90 Å². The fourth-order valence-electron chi connectivity index (χ4n) is 1.51. The predicted molar refractivity (Wildman–Crippen MR) is 50.4 cm³/mol. The average Bonchev–Trinajstić information content (AvgIpc) is 2.16. The Balaban J connectivity index is 2.11. The minimum atomic E-state index is 0.0703. The van der Waals surface area contributed by atoms with Crippen molar-refractivity contribution in [3.63, 3.8) is 0 Å². The van der Waals surface area contributed by atoms with Gasteiger partial charge < -0.3 is 15.7 Å². The number of hydrogen-bond donors (Lipinski definition) is 3. The Labute approximate surface area is 78.7 Å². The number of nitrogens with one attached hydrogen (secondary N) is 2. The normalized spacial score (nSPS) is 18.5. The molecule has 0 unspecified atom stereocenters. The summed E-state index contributed by atoms with van der Waals surface area (Å²) < 4.78 is 0. The molecule has 4 heteroatoms. The van der Waals surface area contributed by atoms with Crippen molar-refractivity contribution in [2.45, 2.75) is 31.7 Å². The van der Waals surface area contributed by atoms with E-state index in [2.05, 4.69) is 10.6 Å². The summed E-state index contributed by atoms with van der Waals surface area (Å²) in [5.41, 5.74) is 0. The van der Waals surface area contributed by atoms with Crippen LogP contribution >= 0.6 is 0 Å². The van der Waals surface area contributed by atoms with E-state index in [0.717, 1.165) is 25.9 Å². The molecule has 1 amide bonds. The number of amides is 1. The standard InChI is InChI=1S/C9H18N2O2/c12-7-1-2-9(13)11-8-3-5-10-6-4-8/h8,10,12H,1-7H2,(H,11,13). The third-order valence-electron chi connectivity index (χ3n) is 2.27. The van der Waals surface area contributed by atoms with Crippen LogP contribution in [0, 0.1) is 0 Å². The van der Waals surface area contributed by atoms with Crippen LogP contribution in [0.2, 0.25) is 0 Å². The number of aliphatic hydroxyl groups is 1. The zero-order chi connectivity index (χ0) is 9.52. The first-order valence-electron chi connectivity index (χ1n) is 4.94. The number of hydrogen-bond acceptors (Lipinski definition) is 3. The largest absolute Gasteiger partial charge is 0.396 e. The molecule has 0 aromatic rings. The Morgan fingerprint density at radius 3 is 2.77 bits per heavy atom. The first-order chi connectivity index (χ1) is 6.33. The van der Waals surface area contributed by atoms with Crippen LogP contribution < -0.4 is 10.6 Å². The van der Waals surface area contributed by atoms with Crippen LogP contribution in [0.3, 0.4) is 0 Å². The quantitative estimate of drug-likeness (QED) is 0.561. The van der Waals surface area contributed by atoms with Gasteiger partial charge in [0.25, 0.3) is 0 Å². The van der Waals surface area contributed by atoms with Crippen LogP contribution in [0.15, 0.2) is 0 Å². The Bertz CT molecular complexity index is 156. The molecule has 0 atom stereocenters. The van der Waals surface area contributed by atoms with Gasteiger partial charge >= 0.3 is 0 Å². The Morgan fingerprint density at radius 1 is 1.46 bits per heavy atom. The highest BCUT2D eigenvalue weighted by molar-refractivity contribution is 5.76. The average molecular weight is 186 g/mol. The molecule has 1 rings (SSSR count). The fourth-order valence-corrected chi connectivity index (χ4v) is 1.51. The lowest BCUT2D eigenvalue weighted by Crippen LogP contribution is -2.42. The van der Waals surface area contributed by atoms with Crippen molar-refractivity contribution in [3.8, 4) is 0 Å². The van der Waals surface area contributed by atoms with Crippen molar-refractivity contribution in [3.05, 3.63) is 0 Å². The summed E-state index contributed by atoms with van der Waals surface area (Å²) >= 11 is 0. The van der Waals surface area contributed by atoms with Crippen LogP contribution in [0.5, 0.6) is 0 Å². The summed E-state index contributed by atoms with van der Waals surface area (Å²) in [4.78, 5) is 11.2. The second-order valence-electron chi connectivity index (χ2n) is 3.42. The number of rotatable bonds is 4. The zero-order valence-electron chi connectivity index (χ0n) is 7.88. The summed E-state index contributed by atoms with van der Waals surface area (Å²) in [7, 11) is 0. The molecule has 0 aromatic carbocycles. The highest BCUT2D eigenvalue weighted by atomic mass is 16.3. The van der Waals surface area contributed by atoms with Crippen LogP contribution in [0.25, 0.3) is 0 Å². The molecule has 76 valence electrons. The smallest absolute Gasteiger partial charge is 0.220 e. The molecule has 0 aliphatic carbocycles. The Hall–Kier alpha value is -0.610. The maximum Gasteiger partial charge on any atom is 0.220 e. The van der Waals surface area contributed by atoms with Crippen LogP contribution in [-0.4, -0.2) is 36.8 Å². The number of piperidine rings is 1. The summed E-state index contributed by atoms with van der Waals surface area (Å²) in [6, 6.07) is 0.340. The van der Waals surface area contributed by atoms with Gasteiger partial charge in [0.1, 0.15) is 0 Å². The summed E-state index contributed by atoms with van der Waals surface area (Å²) in [5, 5.41) is 14.7. The molecular weight excluding hydrogens is 168 g/mol. The third-order valence-corrected chi connectivity index (χ3v) is 2.27. The molecule has 13 heavy (non-hydrogen) atoms. The predicted octanol–water partition coefficient (Wildman–Crippen LogP) is -0.373. The van der Waals surface area contributed by atoms with Crippen LogP contribution in [-0.2, 0) is 4.79 Å². The van der Waals surface area contributed by atoms with E-state index >= 15 is 0 Å².